The summed E-state index contributed by atoms with van der Waals surface area (Å²) in [4.78, 5) is 6.85. The van der Waals surface area contributed by atoms with Crippen molar-refractivity contribution >= 4 is 22.9 Å². The van der Waals surface area contributed by atoms with E-state index in [-0.39, 0.29) is 6.04 Å². The van der Waals surface area contributed by atoms with E-state index >= 15 is 0 Å². The van der Waals surface area contributed by atoms with Crippen LogP contribution in [0.2, 0.25) is 0 Å². The first-order valence-electron chi connectivity index (χ1n) is 11.0. The van der Waals surface area contributed by atoms with E-state index in [0.717, 1.165) is 33.7 Å². The molecular formula is C27H24N4O2S. The number of nitrogens with zero attached hydrogens (tertiary/aromatic N) is 3. The van der Waals surface area contributed by atoms with Crippen molar-refractivity contribution in [2.75, 3.05) is 7.11 Å². The Kier molecular flexibility index (Phi) is 6.10. The molecule has 1 unspecified atom stereocenters. The first kappa shape index (κ1) is 21.9. The molecule has 0 fully saturated rings. The van der Waals surface area contributed by atoms with Gasteiger partial charge >= 0.3 is 0 Å². The number of aromatic nitrogens is 2. The highest BCUT2D eigenvalue weighted by Gasteiger charge is 2.34. The van der Waals surface area contributed by atoms with Gasteiger partial charge in [-0.15, -0.1) is 0 Å². The average molecular weight is 469 g/mol. The van der Waals surface area contributed by atoms with E-state index in [1.165, 1.54) is 0 Å². The van der Waals surface area contributed by atoms with Crippen LogP contribution in [0.4, 0.5) is 0 Å². The first-order valence-corrected chi connectivity index (χ1v) is 11.4. The maximum Gasteiger partial charge on any atom is 0.258 e. The Hall–Kier alpha value is -3.97. The minimum absolute atomic E-state index is 0.209. The monoisotopic (exact) mass is 468 g/mol. The second-order valence-electron chi connectivity index (χ2n) is 8.02. The number of hydrogen-bond acceptors (Lipinski definition) is 5. The van der Waals surface area contributed by atoms with Gasteiger partial charge in [-0.25, -0.2) is 0 Å². The molecule has 0 spiro atoms. The molecule has 1 aliphatic heterocycles. The predicted octanol–water partition coefficient (Wildman–Crippen LogP) is 5.61. The molecule has 7 heteroatoms. The normalized spacial score (nSPS) is 15.9. The zero-order valence-corrected chi connectivity index (χ0v) is 19.8. The van der Waals surface area contributed by atoms with Gasteiger partial charge in [-0.2, -0.15) is 4.98 Å². The van der Waals surface area contributed by atoms with Crippen LogP contribution in [0.15, 0.2) is 95.1 Å². The maximum absolute atomic E-state index is 5.82. The lowest BCUT2D eigenvalue weighted by Gasteiger charge is -2.37. The zero-order valence-electron chi connectivity index (χ0n) is 18.9. The topological polar surface area (TPSA) is 63.4 Å². The number of hydrogen-bond donors (Lipinski definition) is 1. The summed E-state index contributed by atoms with van der Waals surface area (Å²) in [6.45, 7) is 2.69. The molecule has 3 aromatic carbocycles. The van der Waals surface area contributed by atoms with Crippen LogP contribution < -0.4 is 10.1 Å². The SMILES string of the molecule is COc1cccc(-c2noc(C3=C(C)N(Cc4ccccc4)C(=S)NC3c3ccccc3)n2)c1. The molecule has 2 heterocycles. The number of allylic oxidation sites excluding steroid dienone is 1. The van der Waals surface area contributed by atoms with Gasteiger partial charge in [-0.1, -0.05) is 78.0 Å². The summed E-state index contributed by atoms with van der Waals surface area (Å²) >= 11 is 5.79. The Morgan fingerprint density at radius 3 is 2.47 bits per heavy atom. The van der Waals surface area contributed by atoms with Crippen LogP contribution in [0.1, 0.15) is 30.0 Å². The van der Waals surface area contributed by atoms with Gasteiger partial charge in [-0.05, 0) is 42.4 Å². The van der Waals surface area contributed by atoms with Crippen molar-refractivity contribution in [3.05, 3.63) is 108 Å². The molecular weight excluding hydrogens is 444 g/mol. The average Bonchev–Trinajstić information content (AvgIpc) is 3.37. The van der Waals surface area contributed by atoms with Crippen molar-refractivity contribution in [2.24, 2.45) is 0 Å². The van der Waals surface area contributed by atoms with Crippen LogP contribution in [-0.2, 0) is 6.54 Å². The number of ether oxygens (including phenoxy) is 1. The number of nitrogens with one attached hydrogen (secondary N) is 1. The van der Waals surface area contributed by atoms with Gasteiger partial charge in [0.15, 0.2) is 5.11 Å². The van der Waals surface area contributed by atoms with Crippen molar-refractivity contribution in [1.82, 2.24) is 20.4 Å². The predicted molar refractivity (Wildman–Crippen MR) is 136 cm³/mol. The van der Waals surface area contributed by atoms with Gasteiger partial charge in [0, 0.05) is 17.8 Å². The van der Waals surface area contributed by atoms with E-state index < -0.39 is 0 Å². The molecule has 1 aliphatic rings. The minimum Gasteiger partial charge on any atom is -0.497 e. The minimum atomic E-state index is -0.209. The van der Waals surface area contributed by atoms with E-state index in [2.05, 4.69) is 46.6 Å². The van der Waals surface area contributed by atoms with Crippen LogP contribution >= 0.6 is 12.2 Å². The summed E-state index contributed by atoms with van der Waals surface area (Å²) < 4.78 is 11.2. The third-order valence-electron chi connectivity index (χ3n) is 5.90. The Morgan fingerprint density at radius 1 is 1.00 bits per heavy atom. The van der Waals surface area contributed by atoms with Crippen LogP contribution in [-0.4, -0.2) is 27.3 Å². The Morgan fingerprint density at radius 2 is 1.74 bits per heavy atom. The smallest absolute Gasteiger partial charge is 0.258 e. The highest BCUT2D eigenvalue weighted by atomic mass is 32.1. The fraction of sp³-hybridized carbons (Fsp3) is 0.148. The van der Waals surface area contributed by atoms with Crippen molar-refractivity contribution in [3.8, 4) is 17.1 Å². The summed E-state index contributed by atoms with van der Waals surface area (Å²) in [6, 6.07) is 27.8. The summed E-state index contributed by atoms with van der Waals surface area (Å²) in [5.74, 6) is 1.70. The molecule has 6 nitrogen and oxygen atoms in total. The second kappa shape index (κ2) is 9.49. The van der Waals surface area contributed by atoms with Crippen molar-refractivity contribution in [1.29, 1.82) is 0 Å². The largest absolute Gasteiger partial charge is 0.497 e. The van der Waals surface area contributed by atoms with E-state index in [0.29, 0.717) is 23.4 Å². The van der Waals surface area contributed by atoms with Crippen molar-refractivity contribution in [3.63, 3.8) is 0 Å². The lowest BCUT2D eigenvalue weighted by Crippen LogP contribution is -2.45. The Labute approximate surface area is 203 Å². The maximum atomic E-state index is 5.82. The second-order valence-corrected chi connectivity index (χ2v) is 8.41. The van der Waals surface area contributed by atoms with Crippen molar-refractivity contribution in [2.45, 2.75) is 19.5 Å². The van der Waals surface area contributed by atoms with Crippen LogP contribution in [0, 0.1) is 0 Å². The lowest BCUT2D eigenvalue weighted by molar-refractivity contribution is 0.396. The molecule has 0 radical (unpaired) electrons. The van der Waals surface area contributed by atoms with Crippen LogP contribution in [0.3, 0.4) is 0 Å². The molecule has 0 amide bonds. The summed E-state index contributed by atoms with van der Waals surface area (Å²) in [6.07, 6.45) is 0. The summed E-state index contributed by atoms with van der Waals surface area (Å²) in [7, 11) is 1.64. The molecule has 170 valence electrons. The molecule has 5 rings (SSSR count). The Bertz CT molecular complexity index is 1340. The quantitative estimate of drug-likeness (QED) is 0.369. The van der Waals surface area contributed by atoms with E-state index in [1.807, 2.05) is 60.7 Å². The van der Waals surface area contributed by atoms with E-state index in [9.17, 15) is 0 Å². The number of benzene rings is 3. The number of thiocarbonyl (C=S) groups is 1. The van der Waals surface area contributed by atoms with Gasteiger partial charge in [-0.3, -0.25) is 0 Å². The molecule has 34 heavy (non-hydrogen) atoms. The lowest BCUT2D eigenvalue weighted by atomic mass is 9.94. The number of rotatable bonds is 6. The molecule has 0 bridgehead atoms. The summed E-state index contributed by atoms with van der Waals surface area (Å²) in [5, 5.41) is 8.43. The number of methoxy groups -OCH3 is 1. The van der Waals surface area contributed by atoms with Crippen LogP contribution in [0.25, 0.3) is 17.0 Å². The highest BCUT2D eigenvalue weighted by Crippen LogP contribution is 2.38. The van der Waals surface area contributed by atoms with Gasteiger partial charge in [0.25, 0.3) is 5.89 Å². The van der Waals surface area contributed by atoms with Gasteiger partial charge < -0.3 is 19.5 Å². The fourth-order valence-corrected chi connectivity index (χ4v) is 4.44. The summed E-state index contributed by atoms with van der Waals surface area (Å²) in [5.41, 5.74) is 4.93. The molecule has 1 aromatic heterocycles. The first-order chi connectivity index (χ1) is 16.6. The molecule has 0 saturated carbocycles. The van der Waals surface area contributed by atoms with Crippen molar-refractivity contribution < 1.29 is 9.26 Å². The third kappa shape index (κ3) is 4.30. The zero-order chi connectivity index (χ0) is 23.5. The molecule has 0 saturated heterocycles. The molecule has 4 aromatic rings. The molecule has 0 aliphatic carbocycles. The third-order valence-corrected chi connectivity index (χ3v) is 6.24. The van der Waals surface area contributed by atoms with E-state index in [1.54, 1.807) is 7.11 Å². The molecule has 1 atom stereocenters. The highest BCUT2D eigenvalue weighted by molar-refractivity contribution is 7.80. The molecule has 1 N–H and O–H groups in total. The van der Waals surface area contributed by atoms with Gasteiger partial charge in [0.2, 0.25) is 5.82 Å². The Balaban J connectivity index is 1.59. The van der Waals surface area contributed by atoms with E-state index in [4.69, 9.17) is 26.5 Å². The standard InChI is InChI=1S/C27H24N4O2S/c1-18-23(26-29-25(30-33-26)21-14-9-15-22(16-21)32-2)24(20-12-7-4-8-13-20)28-27(34)31(18)17-19-10-5-3-6-11-19/h3-16,24H,17H2,1-2H3,(H,28,34). The van der Waals surface area contributed by atoms with Crippen LogP contribution in [0.5, 0.6) is 5.75 Å². The van der Waals surface area contributed by atoms with Gasteiger partial charge in [0.1, 0.15) is 5.75 Å². The van der Waals surface area contributed by atoms with Gasteiger partial charge in [0.05, 0.1) is 18.7 Å². The fourth-order valence-electron chi connectivity index (χ4n) is 4.12.